The summed E-state index contributed by atoms with van der Waals surface area (Å²) in [7, 11) is 0. The highest BCUT2D eigenvalue weighted by atomic mass is 16.5. The van der Waals surface area contributed by atoms with Gasteiger partial charge in [0.15, 0.2) is 11.5 Å². The van der Waals surface area contributed by atoms with Crippen molar-refractivity contribution in [1.82, 2.24) is 19.5 Å². The van der Waals surface area contributed by atoms with Crippen LogP contribution in [0.25, 0.3) is 11.2 Å². The topological polar surface area (TPSA) is 108 Å². The zero-order valence-corrected chi connectivity index (χ0v) is 14.1. The predicted molar refractivity (Wildman–Crippen MR) is 91.2 cm³/mol. The van der Waals surface area contributed by atoms with Gasteiger partial charge in [0.25, 0.3) is 0 Å². The van der Waals surface area contributed by atoms with Crippen LogP contribution in [-0.2, 0) is 11.3 Å². The first-order chi connectivity index (χ1) is 11.7. The molecule has 0 amide bonds. The molecule has 2 aromatic rings. The molecular formula is C16H25N5O3. The normalized spacial score (nSPS) is 18.1. The fourth-order valence-electron chi connectivity index (χ4n) is 2.92. The molecule has 1 aliphatic heterocycles. The Morgan fingerprint density at radius 2 is 2.29 bits per heavy atom. The van der Waals surface area contributed by atoms with Crippen LogP contribution in [0.15, 0.2) is 4.79 Å². The van der Waals surface area contributed by atoms with Gasteiger partial charge in [-0.2, -0.15) is 9.97 Å². The van der Waals surface area contributed by atoms with Crippen LogP contribution < -0.4 is 16.2 Å². The number of imidazole rings is 1. The molecule has 1 saturated heterocycles. The Morgan fingerprint density at radius 1 is 1.42 bits per heavy atom. The van der Waals surface area contributed by atoms with Crippen molar-refractivity contribution in [1.29, 1.82) is 0 Å². The fraction of sp³-hybridized carbons (Fsp3) is 0.688. The van der Waals surface area contributed by atoms with Gasteiger partial charge in [-0.3, -0.25) is 4.57 Å². The second kappa shape index (κ2) is 7.65. The van der Waals surface area contributed by atoms with Crippen LogP contribution in [0, 0.1) is 0 Å². The van der Waals surface area contributed by atoms with Crippen LogP contribution in [0.5, 0.6) is 6.01 Å². The van der Waals surface area contributed by atoms with Crippen LogP contribution in [0.2, 0.25) is 0 Å². The molecule has 1 unspecified atom stereocenters. The highest BCUT2D eigenvalue weighted by Gasteiger charge is 2.18. The third-order valence-corrected chi connectivity index (χ3v) is 4.31. The molecule has 0 saturated carbocycles. The van der Waals surface area contributed by atoms with Gasteiger partial charge >= 0.3 is 11.7 Å². The molecular weight excluding hydrogens is 310 g/mol. The molecule has 132 valence electrons. The number of anilines is 1. The lowest BCUT2D eigenvalue weighted by atomic mass is 10.1. The zero-order valence-electron chi connectivity index (χ0n) is 14.1. The summed E-state index contributed by atoms with van der Waals surface area (Å²) in [4.78, 5) is 23.5. The number of nitrogens with zero attached hydrogens (tertiary/aromatic N) is 3. The Morgan fingerprint density at radius 3 is 3.04 bits per heavy atom. The first kappa shape index (κ1) is 16.8. The monoisotopic (exact) mass is 335 g/mol. The highest BCUT2D eigenvalue weighted by molar-refractivity contribution is 5.81. The Kier molecular flexibility index (Phi) is 5.34. The first-order valence-corrected chi connectivity index (χ1v) is 8.69. The van der Waals surface area contributed by atoms with E-state index in [1.165, 1.54) is 6.42 Å². The second-order valence-electron chi connectivity index (χ2n) is 6.15. The van der Waals surface area contributed by atoms with Crippen molar-refractivity contribution in [2.45, 2.75) is 58.1 Å². The number of H-pyrrole nitrogens is 1. The van der Waals surface area contributed by atoms with Crippen molar-refractivity contribution < 1.29 is 9.47 Å². The lowest BCUT2D eigenvalue weighted by Crippen LogP contribution is -2.24. The Balaban J connectivity index is 1.80. The largest absolute Gasteiger partial charge is 0.463 e. The zero-order chi connectivity index (χ0) is 16.9. The average molecular weight is 335 g/mol. The summed E-state index contributed by atoms with van der Waals surface area (Å²) in [5, 5.41) is 0. The number of ether oxygens (including phenoxy) is 2. The number of fused-ring (bicyclic) bond motifs is 1. The van der Waals surface area contributed by atoms with E-state index in [1.807, 2.05) is 0 Å². The van der Waals surface area contributed by atoms with E-state index in [4.69, 9.17) is 15.2 Å². The van der Waals surface area contributed by atoms with Crippen molar-refractivity contribution >= 4 is 17.0 Å². The van der Waals surface area contributed by atoms with Gasteiger partial charge in [0, 0.05) is 13.2 Å². The van der Waals surface area contributed by atoms with E-state index in [2.05, 4.69) is 21.9 Å². The maximum Gasteiger partial charge on any atom is 0.327 e. The number of unbranched alkanes of at least 4 members (excludes halogenated alkanes) is 1. The van der Waals surface area contributed by atoms with Gasteiger partial charge in [-0.15, -0.1) is 0 Å². The fourth-order valence-corrected chi connectivity index (χ4v) is 2.92. The van der Waals surface area contributed by atoms with Crippen molar-refractivity contribution in [2.24, 2.45) is 0 Å². The smallest absolute Gasteiger partial charge is 0.327 e. The number of aromatic amines is 1. The van der Waals surface area contributed by atoms with Gasteiger partial charge < -0.3 is 20.2 Å². The van der Waals surface area contributed by atoms with Crippen LogP contribution in [0.1, 0.15) is 45.4 Å². The molecule has 0 bridgehead atoms. The molecule has 1 atom stereocenters. The number of aryl methyl sites for hydroxylation is 1. The molecule has 0 aromatic carbocycles. The summed E-state index contributed by atoms with van der Waals surface area (Å²) in [5.74, 6) is 0.233. The standard InChI is InChI=1S/C16H25N5O3/c1-2-3-9-24-15-19-13(17)12-14(20-15)21(16(22)18-12)8-7-11-6-4-5-10-23-11/h11H,2-10H2,1H3,(H,18,22)(H2,17,19,20). The van der Waals surface area contributed by atoms with Gasteiger partial charge in [0.2, 0.25) is 0 Å². The van der Waals surface area contributed by atoms with Gasteiger partial charge in [0.1, 0.15) is 5.52 Å². The quantitative estimate of drug-likeness (QED) is 0.748. The average Bonchev–Trinajstić information content (AvgIpc) is 2.90. The summed E-state index contributed by atoms with van der Waals surface area (Å²) in [6, 6.07) is 0.218. The lowest BCUT2D eigenvalue weighted by Gasteiger charge is -2.22. The predicted octanol–water partition coefficient (Wildman–Crippen LogP) is 1.84. The molecule has 0 spiro atoms. The molecule has 0 aliphatic carbocycles. The molecule has 0 radical (unpaired) electrons. The minimum absolute atomic E-state index is 0.204. The van der Waals surface area contributed by atoms with Crippen LogP contribution >= 0.6 is 0 Å². The summed E-state index contributed by atoms with van der Waals surface area (Å²) in [6.45, 7) is 3.96. The highest BCUT2D eigenvalue weighted by Crippen LogP contribution is 2.20. The maximum absolute atomic E-state index is 12.2. The van der Waals surface area contributed by atoms with Gasteiger partial charge in [-0.05, 0) is 32.1 Å². The molecule has 3 rings (SSSR count). The van der Waals surface area contributed by atoms with E-state index in [0.29, 0.717) is 24.3 Å². The third kappa shape index (κ3) is 3.69. The third-order valence-electron chi connectivity index (χ3n) is 4.31. The minimum atomic E-state index is -0.229. The molecule has 8 heteroatoms. The number of nitrogens with two attached hydrogens (primary N) is 1. The summed E-state index contributed by atoms with van der Waals surface area (Å²) < 4.78 is 12.9. The number of aromatic nitrogens is 4. The van der Waals surface area contributed by atoms with Gasteiger partial charge in [0.05, 0.1) is 12.7 Å². The molecule has 3 N–H and O–H groups in total. The lowest BCUT2D eigenvalue weighted by molar-refractivity contribution is 0.00883. The molecule has 1 aliphatic rings. The van der Waals surface area contributed by atoms with E-state index in [-0.39, 0.29) is 23.6 Å². The van der Waals surface area contributed by atoms with Crippen LogP contribution in [-0.4, -0.2) is 38.8 Å². The first-order valence-electron chi connectivity index (χ1n) is 8.69. The molecule has 3 heterocycles. The summed E-state index contributed by atoms with van der Waals surface area (Å²) >= 11 is 0. The SMILES string of the molecule is CCCCOc1nc(N)c2[nH]c(=O)n(CCC3CCCCO3)c2n1. The van der Waals surface area contributed by atoms with Crippen molar-refractivity contribution in [3.8, 4) is 6.01 Å². The van der Waals surface area contributed by atoms with E-state index >= 15 is 0 Å². The minimum Gasteiger partial charge on any atom is -0.463 e. The van der Waals surface area contributed by atoms with Crippen LogP contribution in [0.3, 0.4) is 0 Å². The maximum atomic E-state index is 12.2. The van der Waals surface area contributed by atoms with Gasteiger partial charge in [-0.1, -0.05) is 13.3 Å². The Hall–Kier alpha value is -2.09. The van der Waals surface area contributed by atoms with Crippen molar-refractivity contribution in [2.75, 3.05) is 18.9 Å². The molecule has 24 heavy (non-hydrogen) atoms. The number of hydrogen-bond donors (Lipinski definition) is 2. The molecule has 8 nitrogen and oxygen atoms in total. The summed E-state index contributed by atoms with van der Waals surface area (Å²) in [5.41, 5.74) is 6.67. The Labute approximate surface area is 140 Å². The summed E-state index contributed by atoms with van der Waals surface area (Å²) in [6.07, 6.45) is 6.26. The van der Waals surface area contributed by atoms with Crippen LogP contribution in [0.4, 0.5) is 5.82 Å². The van der Waals surface area contributed by atoms with E-state index in [9.17, 15) is 4.79 Å². The number of nitrogen functional groups attached to an aromatic ring is 1. The van der Waals surface area contributed by atoms with E-state index in [0.717, 1.165) is 38.7 Å². The molecule has 1 fully saturated rings. The van der Waals surface area contributed by atoms with E-state index < -0.39 is 0 Å². The molecule has 2 aromatic heterocycles. The van der Waals surface area contributed by atoms with Crippen molar-refractivity contribution in [3.63, 3.8) is 0 Å². The van der Waals surface area contributed by atoms with Crippen molar-refractivity contribution in [3.05, 3.63) is 10.5 Å². The van der Waals surface area contributed by atoms with E-state index in [1.54, 1.807) is 4.57 Å². The number of hydrogen-bond acceptors (Lipinski definition) is 6. The number of rotatable bonds is 7. The Bertz CT molecular complexity index is 733. The second-order valence-corrected chi connectivity index (χ2v) is 6.15. The van der Waals surface area contributed by atoms with Gasteiger partial charge in [-0.25, -0.2) is 4.79 Å². The number of nitrogens with one attached hydrogen (secondary N) is 1.